The van der Waals surface area contributed by atoms with Crippen molar-refractivity contribution in [2.75, 3.05) is 32.6 Å². The number of aromatic nitrogens is 2. The van der Waals surface area contributed by atoms with Crippen LogP contribution in [0.15, 0.2) is 40.3 Å². The maximum absolute atomic E-state index is 13.1. The van der Waals surface area contributed by atoms with Crippen LogP contribution in [0.25, 0.3) is 0 Å². The molecule has 0 bridgehead atoms. The van der Waals surface area contributed by atoms with Gasteiger partial charge in [-0.1, -0.05) is 42.1 Å². The standard InChI is InChI=1S/C26H35N3O5S/c1-4-34-25(32)20-12-14-29(15-13-20)23(30)11-8-16-35-26-27-22(18-33-3)21(24(31)28(26)2)17-19-9-6-5-7-10-19/h5-7,9-10,20H,4,8,11-18H2,1-3H3. The second-order valence-corrected chi connectivity index (χ2v) is 9.70. The average Bonchev–Trinajstić information content (AvgIpc) is 2.87. The van der Waals surface area contributed by atoms with Crippen LogP contribution >= 0.6 is 11.8 Å². The summed E-state index contributed by atoms with van der Waals surface area (Å²) in [5, 5.41) is 0.626. The number of likely N-dealkylation sites (tertiary alicyclic amines) is 1. The third-order valence-corrected chi connectivity index (χ3v) is 7.28. The molecule has 1 amide bonds. The summed E-state index contributed by atoms with van der Waals surface area (Å²) >= 11 is 1.48. The van der Waals surface area contributed by atoms with Gasteiger partial charge in [-0.05, 0) is 31.7 Å². The number of methoxy groups -OCH3 is 1. The summed E-state index contributed by atoms with van der Waals surface area (Å²) in [4.78, 5) is 44.2. The summed E-state index contributed by atoms with van der Waals surface area (Å²) in [6.07, 6.45) is 2.93. The molecule has 0 radical (unpaired) electrons. The zero-order chi connectivity index (χ0) is 25.2. The monoisotopic (exact) mass is 501 g/mol. The van der Waals surface area contributed by atoms with Crippen LogP contribution in [-0.4, -0.2) is 58.9 Å². The fourth-order valence-electron chi connectivity index (χ4n) is 4.20. The fraction of sp³-hybridized carbons (Fsp3) is 0.538. The van der Waals surface area contributed by atoms with Gasteiger partial charge in [0.1, 0.15) is 0 Å². The van der Waals surface area contributed by atoms with Gasteiger partial charge < -0.3 is 14.4 Å². The van der Waals surface area contributed by atoms with Crippen LogP contribution in [0, 0.1) is 5.92 Å². The minimum atomic E-state index is -0.156. The lowest BCUT2D eigenvalue weighted by molar-refractivity contribution is -0.151. The summed E-state index contributed by atoms with van der Waals surface area (Å²) in [6.45, 7) is 3.65. The third kappa shape index (κ3) is 7.41. The van der Waals surface area contributed by atoms with Gasteiger partial charge in [0.05, 0.1) is 24.8 Å². The highest BCUT2D eigenvalue weighted by Gasteiger charge is 2.28. The van der Waals surface area contributed by atoms with Crippen molar-refractivity contribution >= 4 is 23.6 Å². The Morgan fingerprint density at radius 1 is 1.17 bits per heavy atom. The fourth-order valence-corrected chi connectivity index (χ4v) is 5.13. The molecule has 35 heavy (non-hydrogen) atoms. The Bertz CT molecular complexity index is 1050. The summed E-state index contributed by atoms with van der Waals surface area (Å²) in [6, 6.07) is 9.85. The van der Waals surface area contributed by atoms with Gasteiger partial charge in [-0.2, -0.15) is 0 Å². The van der Waals surface area contributed by atoms with Gasteiger partial charge in [-0.15, -0.1) is 0 Å². The van der Waals surface area contributed by atoms with Gasteiger partial charge >= 0.3 is 5.97 Å². The van der Waals surface area contributed by atoms with Crippen molar-refractivity contribution in [2.24, 2.45) is 13.0 Å². The normalized spacial score (nSPS) is 14.2. The lowest BCUT2D eigenvalue weighted by atomic mass is 9.97. The van der Waals surface area contributed by atoms with Gasteiger partial charge in [0.15, 0.2) is 5.16 Å². The Labute approximate surface area is 211 Å². The van der Waals surface area contributed by atoms with Crippen LogP contribution in [0.5, 0.6) is 0 Å². The quantitative estimate of drug-likeness (QED) is 0.202. The van der Waals surface area contributed by atoms with Gasteiger partial charge in [0.25, 0.3) is 5.56 Å². The van der Waals surface area contributed by atoms with E-state index in [1.807, 2.05) is 35.2 Å². The molecule has 8 nitrogen and oxygen atoms in total. The number of nitrogens with zero attached hydrogens (tertiary/aromatic N) is 3. The smallest absolute Gasteiger partial charge is 0.309 e. The van der Waals surface area contributed by atoms with Gasteiger partial charge in [0, 0.05) is 51.4 Å². The summed E-state index contributed by atoms with van der Waals surface area (Å²) in [5.41, 5.74) is 2.28. The van der Waals surface area contributed by atoms with E-state index in [9.17, 15) is 14.4 Å². The van der Waals surface area contributed by atoms with E-state index in [2.05, 4.69) is 0 Å². The van der Waals surface area contributed by atoms with Crippen molar-refractivity contribution in [3.05, 3.63) is 57.5 Å². The number of rotatable bonds is 11. The number of amides is 1. The SMILES string of the molecule is CCOC(=O)C1CCN(C(=O)CCCSc2nc(COC)c(Cc3ccccc3)c(=O)n2C)CC1. The zero-order valence-corrected chi connectivity index (χ0v) is 21.6. The number of benzene rings is 1. The Morgan fingerprint density at radius 2 is 1.89 bits per heavy atom. The molecule has 2 aromatic rings. The number of thioether (sulfide) groups is 1. The predicted molar refractivity (Wildman–Crippen MR) is 135 cm³/mol. The van der Waals surface area contributed by atoms with Crippen molar-refractivity contribution in [3.8, 4) is 0 Å². The molecule has 2 heterocycles. The molecule has 9 heteroatoms. The van der Waals surface area contributed by atoms with Gasteiger partial charge in [0.2, 0.25) is 5.91 Å². The van der Waals surface area contributed by atoms with Crippen LogP contribution in [0.3, 0.4) is 0 Å². The Balaban J connectivity index is 1.54. The number of carbonyl (C=O) groups excluding carboxylic acids is 2. The van der Waals surface area contributed by atoms with E-state index in [-0.39, 0.29) is 30.0 Å². The molecular formula is C26H35N3O5S. The lowest BCUT2D eigenvalue weighted by Gasteiger charge is -2.31. The molecule has 190 valence electrons. The molecular weight excluding hydrogens is 466 g/mol. The number of esters is 1. The molecule has 1 aliphatic rings. The van der Waals surface area contributed by atoms with Crippen LogP contribution in [0.4, 0.5) is 0 Å². The van der Waals surface area contributed by atoms with E-state index < -0.39 is 0 Å². The second-order valence-electron chi connectivity index (χ2n) is 8.64. The molecule has 1 aromatic carbocycles. The van der Waals surface area contributed by atoms with Crippen molar-refractivity contribution in [2.45, 2.75) is 50.8 Å². The van der Waals surface area contributed by atoms with E-state index in [0.717, 1.165) is 5.56 Å². The highest BCUT2D eigenvalue weighted by molar-refractivity contribution is 7.99. The number of carbonyl (C=O) groups is 2. The minimum absolute atomic E-state index is 0.0704. The van der Waals surface area contributed by atoms with E-state index in [1.54, 1.807) is 25.6 Å². The van der Waals surface area contributed by atoms with Crippen LogP contribution in [0.2, 0.25) is 0 Å². The van der Waals surface area contributed by atoms with Crippen molar-refractivity contribution in [1.82, 2.24) is 14.5 Å². The molecule has 0 atom stereocenters. The van der Waals surface area contributed by atoms with E-state index in [4.69, 9.17) is 14.5 Å². The maximum atomic E-state index is 13.1. The molecule has 0 spiro atoms. The molecule has 0 unspecified atom stereocenters. The summed E-state index contributed by atoms with van der Waals surface area (Å²) in [5.74, 6) is 0.522. The molecule has 1 fully saturated rings. The highest BCUT2D eigenvalue weighted by atomic mass is 32.2. The van der Waals surface area contributed by atoms with E-state index in [1.165, 1.54) is 11.8 Å². The van der Waals surface area contributed by atoms with Crippen LogP contribution < -0.4 is 5.56 Å². The second kappa shape index (κ2) is 13.4. The average molecular weight is 502 g/mol. The van der Waals surface area contributed by atoms with E-state index in [0.29, 0.717) is 74.0 Å². The summed E-state index contributed by atoms with van der Waals surface area (Å²) < 4.78 is 12.0. The van der Waals surface area contributed by atoms with E-state index >= 15 is 0 Å². The Kier molecular flexibility index (Phi) is 10.3. The van der Waals surface area contributed by atoms with Crippen molar-refractivity contribution in [3.63, 3.8) is 0 Å². The van der Waals surface area contributed by atoms with Crippen LogP contribution in [-0.2, 0) is 39.1 Å². The van der Waals surface area contributed by atoms with Crippen LogP contribution in [0.1, 0.15) is 49.4 Å². The number of hydrogen-bond donors (Lipinski definition) is 0. The Morgan fingerprint density at radius 3 is 2.54 bits per heavy atom. The zero-order valence-electron chi connectivity index (χ0n) is 20.8. The minimum Gasteiger partial charge on any atom is -0.466 e. The van der Waals surface area contributed by atoms with Crippen molar-refractivity contribution in [1.29, 1.82) is 0 Å². The number of ether oxygens (including phenoxy) is 2. The highest BCUT2D eigenvalue weighted by Crippen LogP contribution is 2.22. The molecule has 1 aliphatic heterocycles. The maximum Gasteiger partial charge on any atom is 0.309 e. The topological polar surface area (TPSA) is 90.7 Å². The van der Waals surface area contributed by atoms with Gasteiger partial charge in [-0.3, -0.25) is 19.0 Å². The lowest BCUT2D eigenvalue weighted by Crippen LogP contribution is -2.40. The first-order valence-electron chi connectivity index (χ1n) is 12.1. The Hall–Kier alpha value is -2.65. The van der Waals surface area contributed by atoms with Crippen molar-refractivity contribution < 1.29 is 19.1 Å². The molecule has 0 aliphatic carbocycles. The first-order valence-corrected chi connectivity index (χ1v) is 13.1. The number of hydrogen-bond acceptors (Lipinski definition) is 7. The molecule has 0 N–H and O–H groups in total. The number of piperidine rings is 1. The molecule has 0 saturated carbocycles. The largest absolute Gasteiger partial charge is 0.466 e. The third-order valence-electron chi connectivity index (χ3n) is 6.17. The molecule has 3 rings (SSSR count). The summed E-state index contributed by atoms with van der Waals surface area (Å²) in [7, 11) is 3.33. The van der Waals surface area contributed by atoms with Gasteiger partial charge in [-0.25, -0.2) is 4.98 Å². The predicted octanol–water partition coefficient (Wildman–Crippen LogP) is 3.19. The molecule has 1 aromatic heterocycles. The first kappa shape index (κ1) is 26.9. The molecule has 1 saturated heterocycles. The first-order chi connectivity index (χ1) is 16.9.